The second-order valence-corrected chi connectivity index (χ2v) is 5.01. The number of benzene rings is 1. The summed E-state index contributed by atoms with van der Waals surface area (Å²) in [7, 11) is 3.38. The van der Waals surface area contributed by atoms with E-state index < -0.39 is 0 Å². The Morgan fingerprint density at radius 2 is 1.85 bits per heavy atom. The highest BCUT2D eigenvalue weighted by Gasteiger charge is 2.19. The molecule has 1 aromatic rings. The van der Waals surface area contributed by atoms with E-state index in [1.54, 1.807) is 14.2 Å². The molecule has 0 radical (unpaired) electrons. The third kappa shape index (κ3) is 3.55. The molecule has 2 N–H and O–H groups in total. The van der Waals surface area contributed by atoms with E-state index in [4.69, 9.17) is 15.2 Å². The van der Waals surface area contributed by atoms with Gasteiger partial charge in [0.05, 0.1) is 19.9 Å². The Morgan fingerprint density at radius 3 is 2.45 bits per heavy atom. The maximum Gasteiger partial charge on any atom is 0.145 e. The largest absolute Gasteiger partial charge is 0.497 e. The van der Waals surface area contributed by atoms with Crippen LogP contribution in [0.15, 0.2) is 18.2 Å². The van der Waals surface area contributed by atoms with Crippen molar-refractivity contribution in [2.45, 2.75) is 6.42 Å². The molecule has 20 heavy (non-hydrogen) atoms. The van der Waals surface area contributed by atoms with E-state index >= 15 is 0 Å². The van der Waals surface area contributed by atoms with E-state index in [2.05, 4.69) is 15.9 Å². The molecule has 0 unspecified atom stereocenters. The quantitative estimate of drug-likeness (QED) is 0.847. The minimum Gasteiger partial charge on any atom is -0.497 e. The van der Waals surface area contributed by atoms with Crippen LogP contribution in [-0.2, 0) is 0 Å². The van der Waals surface area contributed by atoms with Gasteiger partial charge in [0.1, 0.15) is 11.5 Å². The number of ether oxygens (including phenoxy) is 2. The van der Waals surface area contributed by atoms with Gasteiger partial charge in [-0.2, -0.15) is 0 Å². The van der Waals surface area contributed by atoms with Crippen LogP contribution < -0.4 is 20.1 Å². The molecular formula is C15H25N3O2. The molecule has 1 heterocycles. The summed E-state index contributed by atoms with van der Waals surface area (Å²) in [6.07, 6.45) is 1.08. The lowest BCUT2D eigenvalue weighted by Crippen LogP contribution is -2.47. The number of rotatable bonds is 6. The molecule has 0 bridgehead atoms. The van der Waals surface area contributed by atoms with Crippen molar-refractivity contribution < 1.29 is 9.47 Å². The average molecular weight is 279 g/mol. The lowest BCUT2D eigenvalue weighted by Gasteiger charge is -2.36. The molecule has 5 heteroatoms. The van der Waals surface area contributed by atoms with Crippen molar-refractivity contribution in [3.05, 3.63) is 18.2 Å². The van der Waals surface area contributed by atoms with Gasteiger partial charge in [0.15, 0.2) is 0 Å². The van der Waals surface area contributed by atoms with Gasteiger partial charge in [0, 0.05) is 32.2 Å². The van der Waals surface area contributed by atoms with Gasteiger partial charge in [-0.15, -0.1) is 0 Å². The minimum atomic E-state index is 0.770. The summed E-state index contributed by atoms with van der Waals surface area (Å²) in [6.45, 7) is 6.07. The normalized spacial score (nSPS) is 16.2. The molecule has 1 aliphatic rings. The molecule has 1 fully saturated rings. The number of methoxy groups -OCH3 is 2. The minimum absolute atomic E-state index is 0.770. The summed E-state index contributed by atoms with van der Waals surface area (Å²) in [5.74, 6) is 1.70. The highest BCUT2D eigenvalue weighted by molar-refractivity contribution is 5.61. The molecule has 1 aromatic carbocycles. The lowest BCUT2D eigenvalue weighted by molar-refractivity contribution is 0.255. The summed E-state index contributed by atoms with van der Waals surface area (Å²) in [5.41, 5.74) is 6.71. The summed E-state index contributed by atoms with van der Waals surface area (Å²) in [6, 6.07) is 6.00. The highest BCUT2D eigenvalue weighted by atomic mass is 16.5. The predicted octanol–water partition coefficient (Wildman–Crippen LogP) is 1.17. The Morgan fingerprint density at radius 1 is 1.10 bits per heavy atom. The van der Waals surface area contributed by atoms with E-state index in [0.717, 1.165) is 62.9 Å². The highest BCUT2D eigenvalue weighted by Crippen LogP contribution is 2.32. The molecule has 1 aliphatic heterocycles. The third-order valence-corrected chi connectivity index (χ3v) is 3.78. The smallest absolute Gasteiger partial charge is 0.145 e. The molecule has 0 atom stereocenters. The summed E-state index contributed by atoms with van der Waals surface area (Å²) < 4.78 is 10.7. The van der Waals surface area contributed by atoms with Crippen LogP contribution in [0.5, 0.6) is 11.5 Å². The van der Waals surface area contributed by atoms with E-state index in [0.29, 0.717) is 0 Å². The van der Waals surface area contributed by atoms with Gasteiger partial charge < -0.3 is 20.1 Å². The van der Waals surface area contributed by atoms with Gasteiger partial charge in [-0.3, -0.25) is 4.90 Å². The molecule has 0 aromatic heterocycles. The summed E-state index contributed by atoms with van der Waals surface area (Å²) in [4.78, 5) is 4.84. The molecule has 1 saturated heterocycles. The Kier molecular flexibility index (Phi) is 5.49. The Bertz CT molecular complexity index is 418. The molecule has 0 saturated carbocycles. The van der Waals surface area contributed by atoms with Crippen molar-refractivity contribution in [3.63, 3.8) is 0 Å². The molecule has 5 nitrogen and oxygen atoms in total. The van der Waals surface area contributed by atoms with E-state index in [1.165, 1.54) is 0 Å². The second-order valence-electron chi connectivity index (χ2n) is 5.01. The first-order valence-corrected chi connectivity index (χ1v) is 7.18. The van der Waals surface area contributed by atoms with Crippen molar-refractivity contribution in [2.75, 3.05) is 58.4 Å². The van der Waals surface area contributed by atoms with Crippen LogP contribution in [0.4, 0.5) is 5.69 Å². The molecule has 0 aliphatic carbocycles. The van der Waals surface area contributed by atoms with Crippen LogP contribution in [0.1, 0.15) is 6.42 Å². The Labute approximate surface area is 121 Å². The van der Waals surface area contributed by atoms with Gasteiger partial charge >= 0.3 is 0 Å². The number of nitrogens with two attached hydrogens (primary N) is 1. The van der Waals surface area contributed by atoms with Crippen LogP contribution in [0.25, 0.3) is 0 Å². The zero-order valence-electron chi connectivity index (χ0n) is 12.5. The molecule has 0 amide bonds. The number of piperazine rings is 1. The van der Waals surface area contributed by atoms with E-state index in [1.807, 2.05) is 12.1 Å². The SMILES string of the molecule is COc1ccc(N2CCN(CCCN)CC2)c(OC)c1. The van der Waals surface area contributed by atoms with Gasteiger partial charge in [-0.05, 0) is 31.6 Å². The fraction of sp³-hybridized carbons (Fsp3) is 0.600. The van der Waals surface area contributed by atoms with Gasteiger partial charge in [-0.1, -0.05) is 0 Å². The first kappa shape index (κ1) is 14.9. The molecule has 0 spiro atoms. The number of hydrogen-bond donors (Lipinski definition) is 1. The fourth-order valence-corrected chi connectivity index (χ4v) is 2.57. The van der Waals surface area contributed by atoms with Crippen molar-refractivity contribution in [1.82, 2.24) is 4.90 Å². The van der Waals surface area contributed by atoms with Crippen LogP contribution in [0.3, 0.4) is 0 Å². The van der Waals surface area contributed by atoms with Crippen LogP contribution in [0.2, 0.25) is 0 Å². The maximum atomic E-state index is 5.56. The first-order valence-electron chi connectivity index (χ1n) is 7.18. The van der Waals surface area contributed by atoms with E-state index in [-0.39, 0.29) is 0 Å². The van der Waals surface area contributed by atoms with Gasteiger partial charge in [0.2, 0.25) is 0 Å². The standard InChI is InChI=1S/C15H25N3O2/c1-19-13-4-5-14(15(12-13)20-2)18-10-8-17(9-11-18)7-3-6-16/h4-5,12H,3,6-11,16H2,1-2H3. The van der Waals surface area contributed by atoms with Crippen LogP contribution in [-0.4, -0.2) is 58.4 Å². The lowest BCUT2D eigenvalue weighted by atomic mass is 10.2. The zero-order chi connectivity index (χ0) is 14.4. The van der Waals surface area contributed by atoms with Gasteiger partial charge in [0.25, 0.3) is 0 Å². The average Bonchev–Trinajstić information content (AvgIpc) is 2.52. The predicted molar refractivity (Wildman–Crippen MR) is 81.9 cm³/mol. The second kappa shape index (κ2) is 7.36. The maximum absolute atomic E-state index is 5.56. The fourth-order valence-electron chi connectivity index (χ4n) is 2.57. The van der Waals surface area contributed by atoms with Gasteiger partial charge in [-0.25, -0.2) is 0 Å². The number of nitrogens with zero attached hydrogens (tertiary/aromatic N) is 2. The first-order chi connectivity index (χ1) is 9.78. The molecule has 2 rings (SSSR count). The van der Waals surface area contributed by atoms with Crippen molar-refractivity contribution >= 4 is 5.69 Å². The van der Waals surface area contributed by atoms with Crippen molar-refractivity contribution in [1.29, 1.82) is 0 Å². The molecule has 112 valence electrons. The topological polar surface area (TPSA) is 51.0 Å². The molecular weight excluding hydrogens is 254 g/mol. The summed E-state index contributed by atoms with van der Waals surface area (Å²) in [5, 5.41) is 0. The van der Waals surface area contributed by atoms with E-state index in [9.17, 15) is 0 Å². The number of hydrogen-bond acceptors (Lipinski definition) is 5. The van der Waals surface area contributed by atoms with Crippen LogP contribution in [0, 0.1) is 0 Å². The Balaban J connectivity index is 1.99. The third-order valence-electron chi connectivity index (χ3n) is 3.78. The number of anilines is 1. The van der Waals surface area contributed by atoms with Crippen molar-refractivity contribution in [3.8, 4) is 11.5 Å². The monoisotopic (exact) mass is 279 g/mol. The Hall–Kier alpha value is -1.46. The van der Waals surface area contributed by atoms with Crippen LogP contribution >= 0.6 is 0 Å². The summed E-state index contributed by atoms with van der Waals surface area (Å²) >= 11 is 0. The zero-order valence-corrected chi connectivity index (χ0v) is 12.5. The van der Waals surface area contributed by atoms with Crippen molar-refractivity contribution in [2.24, 2.45) is 5.73 Å².